The summed E-state index contributed by atoms with van der Waals surface area (Å²) in [6.45, 7) is 25.4. The highest BCUT2D eigenvalue weighted by Gasteiger charge is 2.65. The number of hydrogen-bond acceptors (Lipinski definition) is 3. The Balaban J connectivity index is 0.939. The van der Waals surface area contributed by atoms with Crippen molar-refractivity contribution in [3.8, 4) is 0 Å². The van der Waals surface area contributed by atoms with Crippen LogP contribution in [-0.4, -0.2) is 18.4 Å². The lowest BCUT2D eigenvalue weighted by Gasteiger charge is -2.62. The maximum Gasteiger partial charge on any atom is 0.508 e. The summed E-state index contributed by atoms with van der Waals surface area (Å²) in [6, 6.07) is 0. The Hall–Kier alpha value is -0.730. The van der Waals surface area contributed by atoms with Crippen molar-refractivity contribution in [2.75, 3.05) is 0 Å². The van der Waals surface area contributed by atoms with E-state index in [1.807, 2.05) is 0 Å². The van der Waals surface area contributed by atoms with Gasteiger partial charge >= 0.3 is 6.16 Å². The summed E-state index contributed by atoms with van der Waals surface area (Å²) in [7, 11) is 0. The van der Waals surface area contributed by atoms with Crippen LogP contribution in [0.3, 0.4) is 0 Å². The van der Waals surface area contributed by atoms with E-state index in [2.05, 4.69) is 69.2 Å². The summed E-state index contributed by atoms with van der Waals surface area (Å²) in [6.07, 6.45) is 32.0. The van der Waals surface area contributed by atoms with Crippen LogP contribution in [0.4, 0.5) is 4.79 Å². The molecule has 2 unspecified atom stereocenters. The summed E-state index contributed by atoms with van der Waals surface area (Å²) in [5, 5.41) is 0. The molecule has 0 spiro atoms. The lowest BCUT2D eigenvalue weighted by Crippen LogP contribution is -2.59. The highest BCUT2D eigenvalue weighted by atomic mass is 16.7. The monoisotopic (exact) mass is 803 g/mol. The fraction of sp³-hybridized carbons (Fsp3) is 0.982. The molecule has 58 heavy (non-hydrogen) atoms. The summed E-state index contributed by atoms with van der Waals surface area (Å²) in [5.41, 5.74) is 1.18. The van der Waals surface area contributed by atoms with E-state index in [0.29, 0.717) is 34.5 Å². The van der Waals surface area contributed by atoms with Gasteiger partial charge in [-0.05, 0) is 209 Å². The Labute approximate surface area is 359 Å². The van der Waals surface area contributed by atoms with Gasteiger partial charge in [0.05, 0.1) is 0 Å². The molecule has 8 rings (SSSR count). The molecule has 0 heterocycles. The van der Waals surface area contributed by atoms with Crippen molar-refractivity contribution in [2.45, 2.75) is 236 Å². The molecule has 8 aliphatic rings. The Morgan fingerprint density at radius 2 is 0.897 bits per heavy atom. The number of hydrogen-bond donors (Lipinski definition) is 0. The second kappa shape index (κ2) is 17.1. The highest BCUT2D eigenvalue weighted by Crippen LogP contribution is 2.71. The minimum Gasteiger partial charge on any atom is -0.430 e. The standard InChI is InChI=1S/C55H94O3/c1-35(2)15-11-17-37(5)43-27-29-45-41-25-23-39-19-13-21-49(54(39,9)47(41)31-33-52(43,45)7)57-51(56)58-50-22-14-20-40-24-26-42-46-30-28-44(38(6)18-12-16-36(3)4)53(46,8)34-32-48(42)55(40,50)10/h35-50H,11-34H2,1-10H3/t37-,38-,39+,40+,41+,42+,43-,44-,45-,46-,47-,48-,49?,50?,52+,53+,54-,55-/m0/s1. The van der Waals surface area contributed by atoms with Gasteiger partial charge in [0.1, 0.15) is 12.2 Å². The molecule has 18 atom stereocenters. The van der Waals surface area contributed by atoms with Gasteiger partial charge in [0, 0.05) is 10.8 Å². The van der Waals surface area contributed by atoms with Gasteiger partial charge in [0.25, 0.3) is 0 Å². The van der Waals surface area contributed by atoms with Crippen molar-refractivity contribution in [3.63, 3.8) is 0 Å². The predicted octanol–water partition coefficient (Wildman–Crippen LogP) is 16.1. The van der Waals surface area contributed by atoms with Gasteiger partial charge in [0.15, 0.2) is 0 Å². The summed E-state index contributed by atoms with van der Waals surface area (Å²) in [5.74, 6) is 11.2. The molecule has 0 bridgehead atoms. The molecule has 0 saturated heterocycles. The molecule has 0 aromatic carbocycles. The summed E-state index contributed by atoms with van der Waals surface area (Å²) >= 11 is 0. The Morgan fingerprint density at radius 3 is 1.29 bits per heavy atom. The van der Waals surface area contributed by atoms with Gasteiger partial charge < -0.3 is 9.47 Å². The van der Waals surface area contributed by atoms with E-state index in [9.17, 15) is 4.79 Å². The molecule has 0 aromatic heterocycles. The fourth-order valence-corrected chi connectivity index (χ4v) is 19.3. The fourth-order valence-electron chi connectivity index (χ4n) is 19.3. The van der Waals surface area contributed by atoms with Crippen LogP contribution in [0, 0.1) is 105 Å². The molecule has 8 aliphatic carbocycles. The molecule has 0 aromatic rings. The largest absolute Gasteiger partial charge is 0.508 e. The normalized spacial score (nSPS) is 48.2. The van der Waals surface area contributed by atoms with E-state index in [0.717, 1.165) is 72.0 Å². The number of rotatable bonds is 12. The zero-order valence-electron chi connectivity index (χ0n) is 39.9. The van der Waals surface area contributed by atoms with E-state index in [4.69, 9.17) is 9.47 Å². The zero-order valence-corrected chi connectivity index (χ0v) is 39.9. The maximum absolute atomic E-state index is 14.4. The van der Waals surface area contributed by atoms with Crippen LogP contribution in [0.2, 0.25) is 0 Å². The number of carbonyl (C=O) groups excluding carboxylic acids is 1. The van der Waals surface area contributed by atoms with Crippen molar-refractivity contribution < 1.29 is 14.3 Å². The second-order valence-electron chi connectivity index (χ2n) is 25.4. The summed E-state index contributed by atoms with van der Waals surface area (Å²) in [4.78, 5) is 14.4. The Bertz CT molecular complexity index is 1300. The average Bonchev–Trinajstić information content (AvgIpc) is 3.72. The van der Waals surface area contributed by atoms with Gasteiger partial charge in [-0.1, -0.05) is 108 Å². The second-order valence-corrected chi connectivity index (χ2v) is 25.4. The van der Waals surface area contributed by atoms with Gasteiger partial charge in [-0.25, -0.2) is 4.79 Å². The average molecular weight is 803 g/mol. The van der Waals surface area contributed by atoms with Crippen molar-refractivity contribution in [2.24, 2.45) is 105 Å². The lowest BCUT2D eigenvalue weighted by molar-refractivity contribution is -0.191. The van der Waals surface area contributed by atoms with E-state index >= 15 is 0 Å². The van der Waals surface area contributed by atoms with Crippen LogP contribution in [-0.2, 0) is 9.47 Å². The molecular formula is C55H94O3. The molecule has 332 valence electrons. The van der Waals surface area contributed by atoms with Crippen LogP contribution >= 0.6 is 0 Å². The van der Waals surface area contributed by atoms with E-state index in [1.54, 1.807) is 0 Å². The molecule has 0 radical (unpaired) electrons. The molecular weight excluding hydrogens is 709 g/mol. The first-order valence-corrected chi connectivity index (χ1v) is 26.5. The molecule has 0 amide bonds. The minimum absolute atomic E-state index is 0.0164. The lowest BCUT2D eigenvalue weighted by atomic mass is 9.44. The van der Waals surface area contributed by atoms with E-state index in [1.165, 1.54) is 141 Å². The summed E-state index contributed by atoms with van der Waals surface area (Å²) < 4.78 is 13.7. The Kier molecular flexibility index (Phi) is 12.9. The third-order valence-corrected chi connectivity index (χ3v) is 22.2. The molecule has 3 heteroatoms. The zero-order chi connectivity index (χ0) is 41.2. The van der Waals surface area contributed by atoms with Gasteiger partial charge in [-0.2, -0.15) is 0 Å². The molecule has 0 aliphatic heterocycles. The van der Waals surface area contributed by atoms with E-state index < -0.39 is 0 Å². The van der Waals surface area contributed by atoms with Gasteiger partial charge in [-0.3, -0.25) is 0 Å². The number of ether oxygens (including phenoxy) is 2. The minimum atomic E-state index is -0.295. The Morgan fingerprint density at radius 1 is 0.483 bits per heavy atom. The van der Waals surface area contributed by atoms with Crippen molar-refractivity contribution in [1.29, 1.82) is 0 Å². The third-order valence-electron chi connectivity index (χ3n) is 22.2. The van der Waals surface area contributed by atoms with Crippen LogP contribution in [0.5, 0.6) is 0 Å². The molecule has 8 saturated carbocycles. The van der Waals surface area contributed by atoms with Crippen LogP contribution in [0.25, 0.3) is 0 Å². The molecule has 3 nitrogen and oxygen atoms in total. The third kappa shape index (κ3) is 7.51. The van der Waals surface area contributed by atoms with Gasteiger partial charge in [-0.15, -0.1) is 0 Å². The maximum atomic E-state index is 14.4. The van der Waals surface area contributed by atoms with Crippen LogP contribution in [0.15, 0.2) is 0 Å². The number of fused-ring (bicyclic) bond motifs is 10. The quantitative estimate of drug-likeness (QED) is 0.184. The number of carbonyl (C=O) groups is 1. The smallest absolute Gasteiger partial charge is 0.430 e. The molecule has 0 N–H and O–H groups in total. The first-order valence-electron chi connectivity index (χ1n) is 26.5. The molecule has 8 fully saturated rings. The highest BCUT2D eigenvalue weighted by molar-refractivity contribution is 5.60. The van der Waals surface area contributed by atoms with Crippen LogP contribution < -0.4 is 0 Å². The van der Waals surface area contributed by atoms with E-state index in [-0.39, 0.29) is 29.2 Å². The van der Waals surface area contributed by atoms with Crippen molar-refractivity contribution in [1.82, 2.24) is 0 Å². The first-order chi connectivity index (χ1) is 27.6. The van der Waals surface area contributed by atoms with Crippen molar-refractivity contribution in [3.05, 3.63) is 0 Å². The van der Waals surface area contributed by atoms with Crippen LogP contribution in [0.1, 0.15) is 223 Å². The predicted molar refractivity (Wildman–Crippen MR) is 241 cm³/mol. The van der Waals surface area contributed by atoms with Gasteiger partial charge in [0.2, 0.25) is 0 Å². The SMILES string of the molecule is CC(C)CCC[C@H](C)[C@@H]1CC[C@H]2[C@H]3CC[C@H]4CCCC(OC(=O)OC5CCC[C@@H]6CC[C@@H]7[C@@H]8CC[C@@H]([C@@H](C)CCCC(C)C)[C@@]8(C)CC[C@@H]7[C@@]56C)[C@]4(C)[C@H]3CC[C@@]21C. The van der Waals surface area contributed by atoms with Crippen molar-refractivity contribution >= 4 is 6.16 Å². The first kappa shape index (κ1) is 43.9. The topological polar surface area (TPSA) is 35.5 Å².